The van der Waals surface area contributed by atoms with Crippen molar-refractivity contribution in [3.05, 3.63) is 48.5 Å². The van der Waals surface area contributed by atoms with Crippen LogP contribution in [-0.4, -0.2) is 76.2 Å². The summed E-state index contributed by atoms with van der Waals surface area (Å²) in [4.78, 5) is 35.9. The minimum Gasteiger partial charge on any atom is -0.378 e. The van der Waals surface area contributed by atoms with Gasteiger partial charge < -0.3 is 30.2 Å². The average Bonchev–Trinajstić information content (AvgIpc) is 3.16. The Kier molecular flexibility index (Phi) is 22.0. The van der Waals surface area contributed by atoms with Gasteiger partial charge in [-0.1, -0.05) is 110 Å². The van der Waals surface area contributed by atoms with Crippen LogP contribution in [-0.2, 0) is 0 Å². The Morgan fingerprint density at radius 1 is 0.519 bits per heavy atom. The van der Waals surface area contributed by atoms with E-state index in [1.165, 1.54) is 89.9 Å². The number of carbonyl (C=O) groups is 2. The van der Waals surface area contributed by atoms with Crippen LogP contribution in [0.25, 0.3) is 0 Å². The van der Waals surface area contributed by atoms with E-state index in [2.05, 4.69) is 68.3 Å². The number of urea groups is 2. The van der Waals surface area contributed by atoms with E-state index < -0.39 is 0 Å². The van der Waals surface area contributed by atoms with Crippen LogP contribution in [0.1, 0.15) is 142 Å². The van der Waals surface area contributed by atoms with Gasteiger partial charge in [0.2, 0.25) is 0 Å². The number of rotatable bonds is 26. The van der Waals surface area contributed by atoms with Crippen molar-refractivity contribution in [3.63, 3.8) is 0 Å². The predicted molar refractivity (Wildman–Crippen MR) is 233 cm³/mol. The molecule has 1 fully saturated rings. The number of amides is 4. The molecule has 1 aliphatic rings. The second kappa shape index (κ2) is 26.4. The van der Waals surface area contributed by atoms with Crippen LogP contribution in [0.5, 0.6) is 0 Å². The van der Waals surface area contributed by atoms with Crippen molar-refractivity contribution in [1.82, 2.24) is 9.80 Å². The first kappa shape index (κ1) is 45.0. The van der Waals surface area contributed by atoms with Gasteiger partial charge in [-0.05, 0) is 92.5 Å². The lowest BCUT2D eigenvalue weighted by atomic mass is 9.80. The highest BCUT2D eigenvalue weighted by molar-refractivity contribution is 5.90. The van der Waals surface area contributed by atoms with E-state index in [1.54, 1.807) is 0 Å². The maximum atomic E-state index is 13.8. The van der Waals surface area contributed by atoms with Crippen molar-refractivity contribution >= 4 is 34.8 Å². The van der Waals surface area contributed by atoms with Gasteiger partial charge in [0.05, 0.1) is 0 Å². The van der Waals surface area contributed by atoms with Crippen molar-refractivity contribution in [3.8, 4) is 0 Å². The molecule has 0 unspecified atom stereocenters. The number of benzene rings is 2. The molecule has 2 N–H and O–H groups in total. The Bertz CT molecular complexity index is 1180. The molecule has 0 aromatic heterocycles. The fourth-order valence-electron chi connectivity index (χ4n) is 7.87. The Hall–Kier alpha value is -3.42. The van der Waals surface area contributed by atoms with Crippen LogP contribution < -0.4 is 20.4 Å². The summed E-state index contributed by atoms with van der Waals surface area (Å²) in [6.45, 7) is 7.66. The van der Waals surface area contributed by atoms with Crippen LogP contribution in [0.2, 0.25) is 0 Å². The molecule has 2 aromatic rings. The largest absolute Gasteiger partial charge is 0.378 e. The molecule has 2 aromatic carbocycles. The normalized spacial score (nSPS) is 15.4. The summed E-state index contributed by atoms with van der Waals surface area (Å²) in [5, 5.41) is 6.43. The molecule has 0 radical (unpaired) electrons. The zero-order valence-corrected chi connectivity index (χ0v) is 35.3. The zero-order valence-electron chi connectivity index (χ0n) is 35.3. The molecule has 8 nitrogen and oxygen atoms in total. The van der Waals surface area contributed by atoms with Crippen molar-refractivity contribution in [2.45, 2.75) is 142 Å². The third-order valence-corrected chi connectivity index (χ3v) is 11.3. The van der Waals surface area contributed by atoms with Crippen molar-refractivity contribution < 1.29 is 9.59 Å². The van der Waals surface area contributed by atoms with E-state index in [-0.39, 0.29) is 12.1 Å². The predicted octanol–water partition coefficient (Wildman–Crippen LogP) is 12.3. The van der Waals surface area contributed by atoms with E-state index in [4.69, 9.17) is 0 Å². The highest BCUT2D eigenvalue weighted by atomic mass is 16.2. The van der Waals surface area contributed by atoms with Crippen molar-refractivity contribution in [2.75, 3.05) is 74.8 Å². The molecule has 0 heterocycles. The highest BCUT2D eigenvalue weighted by Crippen LogP contribution is 2.31. The van der Waals surface area contributed by atoms with E-state index >= 15 is 0 Å². The van der Waals surface area contributed by atoms with Gasteiger partial charge in [0.25, 0.3) is 0 Å². The molecular formula is C46H78N6O2. The summed E-state index contributed by atoms with van der Waals surface area (Å²) in [5.41, 5.74) is 3.91. The van der Waals surface area contributed by atoms with Gasteiger partial charge in [0.15, 0.2) is 0 Å². The number of nitrogens with one attached hydrogen (secondary N) is 2. The van der Waals surface area contributed by atoms with Crippen molar-refractivity contribution in [1.29, 1.82) is 0 Å². The van der Waals surface area contributed by atoms with E-state index in [1.807, 2.05) is 52.5 Å². The van der Waals surface area contributed by atoms with Gasteiger partial charge in [0.1, 0.15) is 0 Å². The summed E-state index contributed by atoms with van der Waals surface area (Å²) >= 11 is 0. The lowest BCUT2D eigenvalue weighted by molar-refractivity contribution is 0.153. The van der Waals surface area contributed by atoms with E-state index in [0.717, 1.165) is 87.5 Å². The molecule has 54 heavy (non-hydrogen) atoms. The lowest BCUT2D eigenvalue weighted by Crippen LogP contribution is -2.43. The molecule has 0 bridgehead atoms. The van der Waals surface area contributed by atoms with Crippen LogP contribution in [0.3, 0.4) is 0 Å². The van der Waals surface area contributed by atoms with Crippen LogP contribution in [0.4, 0.5) is 32.3 Å². The second-order valence-electron chi connectivity index (χ2n) is 16.5. The number of hydrogen-bond acceptors (Lipinski definition) is 4. The molecule has 2 atom stereocenters. The number of hydrogen-bond donors (Lipinski definition) is 2. The standard InChI is InChI=1S/C46H78N6O2/c1-7-9-11-13-15-17-19-21-34-51(45(53)47-41-26-30-43(31-27-41)49(3)4)37-39-24-23-25-40(36-39)38-52(35-22-20-18-16-14-12-10-8-2)46(54)48-42-28-32-44(33-29-42)50(5)6/h26-33,39-40H,7-25,34-38H2,1-6H3,(H,47,53)(H,48,54)/t39-,40-/m0/s1. The number of unbranched alkanes of at least 4 members (excludes halogenated alkanes) is 14. The molecule has 1 aliphatic carbocycles. The fourth-order valence-corrected chi connectivity index (χ4v) is 7.87. The van der Waals surface area contributed by atoms with Gasteiger partial charge in [-0.15, -0.1) is 0 Å². The topological polar surface area (TPSA) is 71.2 Å². The SMILES string of the molecule is CCCCCCCCCCN(C[C@H]1CCC[C@H](CN(CCCCCCCCCC)C(=O)Nc2ccc(N(C)C)cc2)C1)C(=O)Nc1ccc(N(C)C)cc1. The third-order valence-electron chi connectivity index (χ3n) is 11.3. The Balaban J connectivity index is 1.62. The smallest absolute Gasteiger partial charge is 0.321 e. The Morgan fingerprint density at radius 2 is 0.852 bits per heavy atom. The van der Waals surface area contributed by atoms with Gasteiger partial charge in [-0.3, -0.25) is 0 Å². The molecule has 1 saturated carbocycles. The maximum Gasteiger partial charge on any atom is 0.321 e. The summed E-state index contributed by atoms with van der Waals surface area (Å²) < 4.78 is 0. The first-order chi connectivity index (χ1) is 26.2. The summed E-state index contributed by atoms with van der Waals surface area (Å²) in [6, 6.07) is 16.2. The van der Waals surface area contributed by atoms with Crippen LogP contribution in [0, 0.1) is 11.8 Å². The molecule has 8 heteroatoms. The highest BCUT2D eigenvalue weighted by Gasteiger charge is 2.28. The van der Waals surface area contributed by atoms with Gasteiger partial charge >= 0.3 is 12.1 Å². The molecule has 0 saturated heterocycles. The van der Waals surface area contributed by atoms with E-state index in [9.17, 15) is 9.59 Å². The summed E-state index contributed by atoms with van der Waals surface area (Å²) in [6.07, 6.45) is 24.5. The quantitative estimate of drug-likeness (QED) is 0.0940. The second-order valence-corrected chi connectivity index (χ2v) is 16.5. The minimum atomic E-state index is 0.00801. The summed E-state index contributed by atoms with van der Waals surface area (Å²) in [5.74, 6) is 0.873. The first-order valence-corrected chi connectivity index (χ1v) is 21.9. The van der Waals surface area contributed by atoms with Crippen molar-refractivity contribution in [2.24, 2.45) is 11.8 Å². The first-order valence-electron chi connectivity index (χ1n) is 21.9. The van der Waals surface area contributed by atoms with Gasteiger partial charge in [-0.25, -0.2) is 9.59 Å². The molecule has 0 spiro atoms. The lowest BCUT2D eigenvalue weighted by Gasteiger charge is -2.36. The number of anilines is 4. The number of carbonyl (C=O) groups excluding carboxylic acids is 2. The number of nitrogens with zero attached hydrogens (tertiary/aromatic N) is 4. The van der Waals surface area contributed by atoms with E-state index in [0.29, 0.717) is 11.8 Å². The van der Waals surface area contributed by atoms with Gasteiger partial charge in [0, 0.05) is 77.1 Å². The third kappa shape index (κ3) is 17.8. The Morgan fingerprint density at radius 3 is 1.19 bits per heavy atom. The molecule has 304 valence electrons. The molecular weight excluding hydrogens is 669 g/mol. The maximum absolute atomic E-state index is 13.8. The minimum absolute atomic E-state index is 0.00801. The fraction of sp³-hybridized carbons (Fsp3) is 0.696. The molecule has 4 amide bonds. The average molecular weight is 747 g/mol. The zero-order chi connectivity index (χ0) is 39.0. The van der Waals surface area contributed by atoms with Crippen LogP contribution in [0.15, 0.2) is 48.5 Å². The monoisotopic (exact) mass is 747 g/mol. The Labute approximate surface area is 330 Å². The van der Waals surface area contributed by atoms with Gasteiger partial charge in [-0.2, -0.15) is 0 Å². The van der Waals surface area contributed by atoms with Crippen LogP contribution >= 0.6 is 0 Å². The molecule has 0 aliphatic heterocycles. The molecule has 3 rings (SSSR count). The summed E-state index contributed by atoms with van der Waals surface area (Å²) in [7, 11) is 8.12.